The fourth-order valence-electron chi connectivity index (χ4n) is 4.04. The molecule has 0 unspecified atom stereocenters. The first-order valence-corrected chi connectivity index (χ1v) is 9.97. The van der Waals surface area contributed by atoms with Gasteiger partial charge in [-0.3, -0.25) is 0 Å². The van der Waals surface area contributed by atoms with Gasteiger partial charge in [-0.05, 0) is 78.5 Å². The maximum atomic E-state index is 5.48. The molecule has 0 radical (unpaired) electrons. The van der Waals surface area contributed by atoms with Crippen molar-refractivity contribution in [1.29, 1.82) is 0 Å². The summed E-state index contributed by atoms with van der Waals surface area (Å²) in [6.45, 7) is 0. The van der Waals surface area contributed by atoms with Crippen molar-refractivity contribution in [1.82, 2.24) is 5.32 Å². The van der Waals surface area contributed by atoms with E-state index in [2.05, 4.69) is 35.7 Å². The van der Waals surface area contributed by atoms with Gasteiger partial charge in [-0.15, -0.1) is 0 Å². The van der Waals surface area contributed by atoms with E-state index in [1.807, 2.05) is 24.3 Å². The van der Waals surface area contributed by atoms with Crippen LogP contribution in [-0.4, -0.2) is 25.0 Å². The van der Waals surface area contributed by atoms with E-state index in [9.17, 15) is 0 Å². The Morgan fingerprint density at radius 3 is 2.29 bits per heavy atom. The van der Waals surface area contributed by atoms with Crippen LogP contribution in [0.15, 0.2) is 59.1 Å². The molecule has 2 aliphatic rings. The third kappa shape index (κ3) is 3.80. The number of nitrogens with one attached hydrogen (secondary N) is 1. The second-order valence-corrected chi connectivity index (χ2v) is 7.53. The third-order valence-corrected chi connectivity index (χ3v) is 5.69. The van der Waals surface area contributed by atoms with Crippen molar-refractivity contribution in [3.63, 3.8) is 0 Å². The monoisotopic (exact) mass is 392 g/mol. The van der Waals surface area contributed by atoms with Crippen LogP contribution < -0.4 is 14.8 Å². The molecule has 2 aromatic carbocycles. The number of benzene rings is 2. The number of fused-ring (bicyclic) bond motifs is 1. The molecule has 0 amide bonds. The zero-order valence-corrected chi connectivity index (χ0v) is 17.0. The van der Waals surface area contributed by atoms with E-state index in [-0.39, 0.29) is 6.04 Å². The van der Waals surface area contributed by atoms with Crippen molar-refractivity contribution >= 4 is 29.1 Å². The van der Waals surface area contributed by atoms with Crippen molar-refractivity contribution in [2.24, 2.45) is 10.9 Å². The van der Waals surface area contributed by atoms with Crippen molar-refractivity contribution in [3.05, 3.63) is 65.2 Å². The van der Waals surface area contributed by atoms with Crippen molar-refractivity contribution in [2.75, 3.05) is 14.2 Å². The Hall–Kier alpha value is -2.66. The standard InChI is InChI=1S/C23H24N2O2S/c1-26-18-10-6-15(7-11-18)14-17-4-3-5-20-21(24-23(28)25-22(17)20)16-8-12-19(27-2)13-9-16/h6-14,20-21H,3-5H2,1-2H3,(H,24,28)/t20-,21-/m0/s1. The molecule has 1 N–H and O–H groups in total. The number of aliphatic imine (C=N–C) groups is 1. The van der Waals surface area contributed by atoms with Gasteiger partial charge in [0.15, 0.2) is 5.11 Å². The number of allylic oxidation sites excluding steroid dienone is 1. The van der Waals surface area contributed by atoms with Gasteiger partial charge in [0, 0.05) is 5.92 Å². The summed E-state index contributed by atoms with van der Waals surface area (Å²) in [7, 11) is 3.37. The second kappa shape index (κ2) is 8.15. The fourth-order valence-corrected chi connectivity index (χ4v) is 4.27. The van der Waals surface area contributed by atoms with Crippen LogP contribution in [0, 0.1) is 5.92 Å². The average Bonchev–Trinajstić information content (AvgIpc) is 2.74. The zero-order chi connectivity index (χ0) is 19.5. The molecule has 1 fully saturated rings. The lowest BCUT2D eigenvalue weighted by Crippen LogP contribution is -2.42. The van der Waals surface area contributed by atoms with Crippen LogP contribution in [-0.2, 0) is 0 Å². The molecular weight excluding hydrogens is 368 g/mol. The van der Waals surface area contributed by atoms with Gasteiger partial charge in [-0.2, -0.15) is 0 Å². The SMILES string of the molecule is COc1ccc(C=C2CCC[C@@H]3C2=NC(=S)N[C@H]3c2ccc(OC)cc2)cc1. The van der Waals surface area contributed by atoms with Crippen LogP contribution in [0.2, 0.25) is 0 Å². The highest BCUT2D eigenvalue weighted by atomic mass is 32.1. The summed E-state index contributed by atoms with van der Waals surface area (Å²) in [5.74, 6) is 2.04. The summed E-state index contributed by atoms with van der Waals surface area (Å²) in [5, 5.41) is 3.99. The number of hydrogen-bond donors (Lipinski definition) is 1. The number of nitrogens with zero attached hydrogens (tertiary/aromatic N) is 1. The molecule has 2 atom stereocenters. The van der Waals surface area contributed by atoms with Gasteiger partial charge in [0.05, 0.1) is 26.0 Å². The number of hydrogen-bond acceptors (Lipinski definition) is 3. The van der Waals surface area contributed by atoms with Crippen molar-refractivity contribution in [3.8, 4) is 11.5 Å². The minimum atomic E-state index is 0.144. The molecule has 4 rings (SSSR count). The van der Waals surface area contributed by atoms with Gasteiger partial charge in [-0.25, -0.2) is 4.99 Å². The van der Waals surface area contributed by atoms with Gasteiger partial charge in [0.1, 0.15) is 11.5 Å². The summed E-state index contributed by atoms with van der Waals surface area (Å²) >= 11 is 5.48. The highest BCUT2D eigenvalue weighted by molar-refractivity contribution is 7.80. The first-order chi connectivity index (χ1) is 13.7. The molecule has 2 aromatic rings. The van der Waals surface area contributed by atoms with Crippen LogP contribution in [0.4, 0.5) is 0 Å². The first kappa shape index (κ1) is 18.7. The Bertz CT molecular complexity index is 917. The number of methoxy groups -OCH3 is 2. The summed E-state index contributed by atoms with van der Waals surface area (Å²) in [6.07, 6.45) is 5.51. The first-order valence-electron chi connectivity index (χ1n) is 9.56. The van der Waals surface area contributed by atoms with Gasteiger partial charge >= 0.3 is 0 Å². The summed E-state index contributed by atoms with van der Waals surface area (Å²) in [6, 6.07) is 16.5. The van der Waals surface area contributed by atoms with Crippen LogP contribution in [0.5, 0.6) is 11.5 Å². The van der Waals surface area contributed by atoms with E-state index in [4.69, 9.17) is 26.7 Å². The normalized spacial score (nSPS) is 22.9. The molecular formula is C23H24N2O2S. The minimum Gasteiger partial charge on any atom is -0.497 e. The van der Waals surface area contributed by atoms with Gasteiger partial charge in [0.25, 0.3) is 0 Å². The molecule has 1 aliphatic heterocycles. The Morgan fingerprint density at radius 1 is 1.00 bits per heavy atom. The molecule has 0 aromatic heterocycles. The zero-order valence-electron chi connectivity index (χ0n) is 16.1. The largest absolute Gasteiger partial charge is 0.497 e. The van der Waals surface area contributed by atoms with E-state index in [0.29, 0.717) is 11.0 Å². The number of rotatable bonds is 4. The minimum absolute atomic E-state index is 0.144. The van der Waals surface area contributed by atoms with E-state index in [1.54, 1.807) is 14.2 Å². The highest BCUT2D eigenvalue weighted by Crippen LogP contribution is 2.38. The van der Waals surface area contributed by atoms with E-state index in [1.165, 1.54) is 11.1 Å². The smallest absolute Gasteiger partial charge is 0.193 e. The summed E-state index contributed by atoms with van der Waals surface area (Å²) in [5.41, 5.74) is 4.78. The van der Waals surface area contributed by atoms with Gasteiger partial charge in [-0.1, -0.05) is 24.3 Å². The maximum Gasteiger partial charge on any atom is 0.193 e. The topological polar surface area (TPSA) is 42.8 Å². The maximum absolute atomic E-state index is 5.48. The number of thiocarbonyl (C=S) groups is 1. The third-order valence-electron chi connectivity index (χ3n) is 5.48. The highest BCUT2D eigenvalue weighted by Gasteiger charge is 2.36. The van der Waals surface area contributed by atoms with E-state index >= 15 is 0 Å². The summed E-state index contributed by atoms with van der Waals surface area (Å²) in [4.78, 5) is 4.74. The predicted molar refractivity (Wildman–Crippen MR) is 117 cm³/mol. The van der Waals surface area contributed by atoms with Crippen LogP contribution in [0.25, 0.3) is 6.08 Å². The van der Waals surface area contributed by atoms with Crippen molar-refractivity contribution in [2.45, 2.75) is 25.3 Å². The molecule has 0 bridgehead atoms. The van der Waals surface area contributed by atoms with Gasteiger partial charge < -0.3 is 14.8 Å². The molecule has 1 heterocycles. The predicted octanol–water partition coefficient (Wildman–Crippen LogP) is 4.96. The molecule has 0 saturated heterocycles. The molecule has 1 saturated carbocycles. The van der Waals surface area contributed by atoms with Crippen LogP contribution in [0.1, 0.15) is 36.4 Å². The van der Waals surface area contributed by atoms with Crippen LogP contribution in [0.3, 0.4) is 0 Å². The Kier molecular flexibility index (Phi) is 5.44. The molecule has 28 heavy (non-hydrogen) atoms. The number of ether oxygens (including phenoxy) is 2. The average molecular weight is 393 g/mol. The quantitative estimate of drug-likeness (QED) is 0.747. The van der Waals surface area contributed by atoms with E-state index in [0.717, 1.165) is 42.0 Å². The second-order valence-electron chi connectivity index (χ2n) is 7.14. The Labute approximate surface area is 171 Å². The molecule has 144 valence electrons. The Morgan fingerprint density at radius 2 is 1.64 bits per heavy atom. The molecule has 5 heteroatoms. The molecule has 4 nitrogen and oxygen atoms in total. The van der Waals surface area contributed by atoms with Crippen LogP contribution >= 0.6 is 12.2 Å². The lowest BCUT2D eigenvalue weighted by molar-refractivity contribution is 0.412. The lowest BCUT2D eigenvalue weighted by Gasteiger charge is -2.37. The van der Waals surface area contributed by atoms with Gasteiger partial charge in [0.2, 0.25) is 0 Å². The Balaban J connectivity index is 1.65. The summed E-state index contributed by atoms with van der Waals surface area (Å²) < 4.78 is 10.6. The van der Waals surface area contributed by atoms with E-state index < -0.39 is 0 Å². The van der Waals surface area contributed by atoms with Crippen molar-refractivity contribution < 1.29 is 9.47 Å². The molecule has 1 aliphatic carbocycles. The lowest BCUT2D eigenvalue weighted by atomic mass is 9.76. The fraction of sp³-hybridized carbons (Fsp3) is 0.304. The molecule has 0 spiro atoms.